The summed E-state index contributed by atoms with van der Waals surface area (Å²) < 4.78 is 67.4. The van der Waals surface area contributed by atoms with Crippen molar-refractivity contribution in [2.75, 3.05) is 23.8 Å². The minimum Gasteiger partial charge on any atom is -0.497 e. The van der Waals surface area contributed by atoms with Crippen molar-refractivity contribution in [2.45, 2.75) is 44.4 Å². The van der Waals surface area contributed by atoms with Gasteiger partial charge in [-0.25, -0.2) is 18.0 Å². The number of anilines is 2. The monoisotopic (exact) mass is 586 g/mol. The van der Waals surface area contributed by atoms with E-state index in [9.17, 15) is 31.5 Å². The van der Waals surface area contributed by atoms with E-state index in [1.54, 1.807) is 18.2 Å². The number of halogens is 3. The van der Waals surface area contributed by atoms with Gasteiger partial charge >= 0.3 is 18.1 Å². The van der Waals surface area contributed by atoms with Crippen molar-refractivity contribution in [3.8, 4) is 5.75 Å². The molecule has 0 aliphatic rings. The van der Waals surface area contributed by atoms with Crippen LogP contribution in [0.4, 0.5) is 24.5 Å². The van der Waals surface area contributed by atoms with Gasteiger partial charge in [-0.15, -0.1) is 0 Å². The molecule has 0 atom stereocenters. The Hall–Kier alpha value is -4.27. The molecule has 1 heterocycles. The second-order valence-corrected chi connectivity index (χ2v) is 10.2. The highest BCUT2D eigenvalue weighted by molar-refractivity contribution is 7.92. The number of alkyl halides is 3. The average Bonchev–Trinajstić information content (AvgIpc) is 3.21. The van der Waals surface area contributed by atoms with Crippen molar-refractivity contribution in [3.05, 3.63) is 65.5 Å². The van der Waals surface area contributed by atoms with Gasteiger partial charge in [0.1, 0.15) is 5.75 Å². The number of carboxylic acids is 2. The summed E-state index contributed by atoms with van der Waals surface area (Å²) in [7, 11) is -0.651. The molecule has 1 aromatic heterocycles. The Morgan fingerprint density at radius 3 is 2.20 bits per heavy atom. The summed E-state index contributed by atoms with van der Waals surface area (Å²) in [5.74, 6) is -3.38. The van der Waals surface area contributed by atoms with E-state index in [1.165, 1.54) is 31.4 Å². The molecule has 0 spiro atoms. The number of hydrogen-bond donors (Lipinski definition) is 3. The smallest absolute Gasteiger partial charge is 0.490 e. The minimum atomic E-state index is -5.08. The number of aliphatic carboxylic acids is 1. The zero-order chi connectivity index (χ0) is 30.3. The van der Waals surface area contributed by atoms with Crippen molar-refractivity contribution in [3.63, 3.8) is 0 Å². The number of benzene rings is 2. The molecule has 3 aromatic rings. The quantitative estimate of drug-likeness (QED) is 0.314. The highest BCUT2D eigenvalue weighted by Gasteiger charge is 2.38. The molecule has 40 heavy (non-hydrogen) atoms. The Kier molecular flexibility index (Phi) is 10.5. The van der Waals surface area contributed by atoms with Crippen LogP contribution in [0.2, 0.25) is 0 Å². The first-order valence-electron chi connectivity index (χ1n) is 11.7. The summed E-state index contributed by atoms with van der Waals surface area (Å²) in [6, 6.07) is 12.3. The largest absolute Gasteiger partial charge is 0.497 e. The van der Waals surface area contributed by atoms with E-state index < -0.39 is 28.1 Å². The van der Waals surface area contributed by atoms with Crippen LogP contribution < -0.4 is 14.4 Å². The predicted molar refractivity (Wildman–Crippen MR) is 140 cm³/mol. The number of aromatic carboxylic acids is 1. The second-order valence-electron chi connectivity index (χ2n) is 8.48. The molecule has 0 aliphatic carbocycles. The van der Waals surface area contributed by atoms with E-state index >= 15 is 0 Å². The molecule has 11 nitrogen and oxygen atoms in total. The summed E-state index contributed by atoms with van der Waals surface area (Å²) in [6.07, 6.45) is -4.15. The second kappa shape index (κ2) is 13.2. The Labute approximate surface area is 228 Å². The molecule has 3 N–H and O–H groups in total. The lowest BCUT2D eigenvalue weighted by molar-refractivity contribution is -0.192. The maximum atomic E-state index is 13.0. The molecule has 0 radical (unpaired) electrons. The number of hydrogen-bond acceptors (Lipinski definition) is 7. The average molecular weight is 587 g/mol. The van der Waals surface area contributed by atoms with Crippen LogP contribution in [0.5, 0.6) is 5.75 Å². The van der Waals surface area contributed by atoms with Crippen molar-refractivity contribution in [2.24, 2.45) is 0 Å². The Bertz CT molecular complexity index is 1440. The molecule has 0 aliphatic heterocycles. The zero-order valence-corrected chi connectivity index (χ0v) is 22.9. The molecule has 2 aromatic carbocycles. The van der Waals surface area contributed by atoms with Gasteiger partial charge in [0.2, 0.25) is 0 Å². The van der Waals surface area contributed by atoms with Crippen LogP contribution in [0.3, 0.4) is 0 Å². The van der Waals surface area contributed by atoms with Crippen molar-refractivity contribution in [1.29, 1.82) is 0 Å². The van der Waals surface area contributed by atoms with Gasteiger partial charge in [0.25, 0.3) is 10.0 Å². The first kappa shape index (κ1) is 31.9. The van der Waals surface area contributed by atoms with Gasteiger partial charge in [0.15, 0.2) is 0 Å². The van der Waals surface area contributed by atoms with Gasteiger partial charge < -0.3 is 19.8 Å². The number of carbonyl (C=O) groups is 2. The van der Waals surface area contributed by atoms with E-state index in [0.717, 1.165) is 24.4 Å². The summed E-state index contributed by atoms with van der Waals surface area (Å²) >= 11 is 0. The van der Waals surface area contributed by atoms with E-state index in [0.29, 0.717) is 18.0 Å². The number of aryl methyl sites for hydroxylation is 2. The molecule has 15 heteroatoms. The predicted octanol–water partition coefficient (Wildman–Crippen LogP) is 4.38. The third-order valence-corrected chi connectivity index (χ3v) is 6.71. The van der Waals surface area contributed by atoms with Crippen LogP contribution in [0, 0.1) is 6.92 Å². The van der Waals surface area contributed by atoms with Crippen LogP contribution in [-0.4, -0.2) is 60.7 Å². The Balaban J connectivity index is 0.000000708. The number of nitrogens with zero attached hydrogens (tertiary/aromatic N) is 3. The minimum absolute atomic E-state index is 0.0218. The molecule has 0 saturated carbocycles. The SMILES string of the molecule is CCCn1nc(C)cc1CN(C)c1ccc(C(=O)O)cc1NS(=O)(=O)c1ccc(OC)cc1.O=C(O)C(F)(F)F. The van der Waals surface area contributed by atoms with Crippen LogP contribution in [0.1, 0.15) is 35.1 Å². The summed E-state index contributed by atoms with van der Waals surface area (Å²) in [6.45, 7) is 5.23. The van der Waals surface area contributed by atoms with Crippen LogP contribution in [0.25, 0.3) is 0 Å². The number of ether oxygens (including phenoxy) is 1. The van der Waals surface area contributed by atoms with Crippen molar-refractivity contribution < 1.29 is 46.1 Å². The zero-order valence-electron chi connectivity index (χ0n) is 22.1. The molecule has 3 rings (SSSR count). The Morgan fingerprint density at radius 2 is 1.70 bits per heavy atom. The van der Waals surface area contributed by atoms with Gasteiger partial charge in [-0.3, -0.25) is 9.40 Å². The van der Waals surface area contributed by atoms with Crippen LogP contribution in [-0.2, 0) is 27.9 Å². The third kappa shape index (κ3) is 8.62. The van der Waals surface area contributed by atoms with Gasteiger partial charge in [0, 0.05) is 13.6 Å². The molecule has 0 saturated heterocycles. The van der Waals surface area contributed by atoms with Crippen LogP contribution in [0.15, 0.2) is 53.4 Å². The van der Waals surface area contributed by atoms with E-state index in [2.05, 4.69) is 16.7 Å². The van der Waals surface area contributed by atoms with Crippen LogP contribution >= 0.6 is 0 Å². The maximum Gasteiger partial charge on any atom is 0.490 e. The molecule has 218 valence electrons. The maximum absolute atomic E-state index is 13.0. The lowest BCUT2D eigenvalue weighted by Crippen LogP contribution is -2.22. The summed E-state index contributed by atoms with van der Waals surface area (Å²) in [5, 5.41) is 21.1. The molecule has 0 amide bonds. The van der Waals surface area contributed by atoms with E-state index in [4.69, 9.17) is 14.6 Å². The fourth-order valence-corrected chi connectivity index (χ4v) is 4.57. The van der Waals surface area contributed by atoms with Gasteiger partial charge in [-0.05, 0) is 61.9 Å². The number of nitrogens with one attached hydrogen (secondary N) is 1. The number of carboxylic acid groups (broad SMARTS) is 2. The summed E-state index contributed by atoms with van der Waals surface area (Å²) in [5.41, 5.74) is 2.56. The van der Waals surface area contributed by atoms with E-state index in [1.807, 2.05) is 29.6 Å². The topological polar surface area (TPSA) is 151 Å². The third-order valence-electron chi connectivity index (χ3n) is 5.33. The lowest BCUT2D eigenvalue weighted by Gasteiger charge is -2.24. The molecule has 0 fully saturated rings. The molecular formula is C25H29F3N4O7S. The fraction of sp³-hybridized carbons (Fsp3) is 0.320. The standard InChI is InChI=1S/C23H28N4O5S.C2HF3O2/c1-5-12-27-18(13-16(2)24-27)15-26(3)22-11-6-17(23(28)29)14-21(22)25-33(30,31)20-9-7-19(32-4)8-10-20;3-2(4,5)1(6)7/h6-11,13-14,25H,5,12,15H2,1-4H3,(H,28,29);(H,6,7). The van der Waals surface area contributed by atoms with Gasteiger partial charge in [0.05, 0.1) is 46.9 Å². The fourth-order valence-electron chi connectivity index (χ4n) is 3.50. The highest BCUT2D eigenvalue weighted by atomic mass is 32.2. The first-order chi connectivity index (χ1) is 18.6. The normalized spacial score (nSPS) is 11.3. The molecule has 0 unspecified atom stereocenters. The number of aromatic nitrogens is 2. The van der Waals surface area contributed by atoms with Gasteiger partial charge in [-0.1, -0.05) is 6.92 Å². The number of methoxy groups -OCH3 is 1. The van der Waals surface area contributed by atoms with E-state index in [-0.39, 0.29) is 16.1 Å². The Morgan fingerprint density at radius 1 is 1.10 bits per heavy atom. The molecular weight excluding hydrogens is 557 g/mol. The number of rotatable bonds is 10. The molecule has 0 bridgehead atoms. The summed E-state index contributed by atoms with van der Waals surface area (Å²) in [4.78, 5) is 22.3. The lowest BCUT2D eigenvalue weighted by atomic mass is 10.1. The van der Waals surface area contributed by atoms with Crippen molar-refractivity contribution >= 4 is 33.3 Å². The highest BCUT2D eigenvalue weighted by Crippen LogP contribution is 2.30. The number of sulfonamides is 1. The van der Waals surface area contributed by atoms with Crippen molar-refractivity contribution in [1.82, 2.24) is 9.78 Å². The van der Waals surface area contributed by atoms with Gasteiger partial charge in [-0.2, -0.15) is 18.3 Å². The first-order valence-corrected chi connectivity index (χ1v) is 13.2.